The van der Waals surface area contributed by atoms with Gasteiger partial charge in [0, 0.05) is 9.81 Å². The quantitative estimate of drug-likeness (QED) is 0.655. The van der Waals surface area contributed by atoms with Crippen LogP contribution in [0.1, 0.15) is 55.4 Å². The molecule has 98 valence electrons. The third-order valence-electron chi connectivity index (χ3n) is 3.26. The van der Waals surface area contributed by atoms with E-state index in [1.165, 1.54) is 0 Å². The van der Waals surface area contributed by atoms with Gasteiger partial charge in [-0.05, 0) is 35.8 Å². The molecule has 2 nitrogen and oxygen atoms in total. The molecule has 0 saturated heterocycles. The molecule has 0 saturated carbocycles. The molecule has 0 aliphatic carbocycles. The molecular formula is C14H24O2S. The molecule has 0 radical (unpaired) electrons. The van der Waals surface area contributed by atoms with Gasteiger partial charge in [-0.2, -0.15) is 0 Å². The highest BCUT2D eigenvalue weighted by atomic mass is 32.2. The van der Waals surface area contributed by atoms with Gasteiger partial charge in [-0.15, -0.1) is 0 Å². The first kappa shape index (κ1) is 14.5. The van der Waals surface area contributed by atoms with Gasteiger partial charge in [0.15, 0.2) is 9.84 Å². The van der Waals surface area contributed by atoms with Crippen LogP contribution in [-0.2, 0) is 9.84 Å². The Morgan fingerprint density at radius 1 is 0.706 bits per heavy atom. The Bertz CT molecular complexity index is 461. The minimum atomic E-state index is -3.21. The Morgan fingerprint density at radius 3 is 1.12 bits per heavy atom. The van der Waals surface area contributed by atoms with Crippen LogP contribution >= 0.6 is 0 Å². The van der Waals surface area contributed by atoms with E-state index >= 15 is 0 Å². The number of rotatable bonds is 0. The molecule has 3 heteroatoms. The second kappa shape index (κ2) is 3.71. The maximum atomic E-state index is 12.3. The normalized spacial score (nSPS) is 21.4. The lowest BCUT2D eigenvalue weighted by Gasteiger charge is -2.31. The van der Waals surface area contributed by atoms with E-state index in [0.29, 0.717) is 9.81 Å². The molecule has 0 bridgehead atoms. The first-order valence-corrected chi connectivity index (χ1v) is 7.47. The zero-order valence-corrected chi connectivity index (χ0v) is 13.0. The van der Waals surface area contributed by atoms with Crippen molar-refractivity contribution in [1.82, 2.24) is 0 Å². The van der Waals surface area contributed by atoms with Gasteiger partial charge in [-0.1, -0.05) is 41.5 Å². The molecule has 0 atom stereocenters. The van der Waals surface area contributed by atoms with Crippen molar-refractivity contribution in [3.8, 4) is 0 Å². The summed E-state index contributed by atoms with van der Waals surface area (Å²) in [7, 11) is -3.21. The molecule has 0 spiro atoms. The minimum Gasteiger partial charge on any atom is -0.219 e. The lowest BCUT2D eigenvalue weighted by Crippen LogP contribution is -2.20. The Balaban J connectivity index is 3.73. The van der Waals surface area contributed by atoms with Crippen LogP contribution in [0.4, 0.5) is 0 Å². The molecule has 0 aromatic rings. The predicted octanol–water partition coefficient (Wildman–Crippen LogP) is 4.06. The SMILES string of the molecule is CC1=C(C(C)(C)C)C(C(C)(C)C)=C(C)S1(=O)=O. The van der Waals surface area contributed by atoms with Gasteiger partial charge in [-0.3, -0.25) is 0 Å². The zero-order chi connectivity index (χ0) is 13.8. The standard InChI is InChI=1S/C14H24O2S/c1-9-11(13(3,4)5)12(14(6,7)8)10(2)17(9,15)16/h1-8H3. The lowest BCUT2D eigenvalue weighted by molar-refractivity contribution is 0.445. The molecule has 1 aliphatic rings. The van der Waals surface area contributed by atoms with Gasteiger partial charge in [0.25, 0.3) is 0 Å². The van der Waals surface area contributed by atoms with Crippen molar-refractivity contribution in [2.75, 3.05) is 0 Å². The van der Waals surface area contributed by atoms with Crippen LogP contribution in [0.3, 0.4) is 0 Å². The summed E-state index contributed by atoms with van der Waals surface area (Å²) < 4.78 is 24.6. The van der Waals surface area contributed by atoms with Crippen LogP contribution in [0, 0.1) is 10.8 Å². The summed E-state index contributed by atoms with van der Waals surface area (Å²) in [4.78, 5) is 1.07. The average molecular weight is 256 g/mol. The van der Waals surface area contributed by atoms with Crippen LogP contribution in [0.5, 0.6) is 0 Å². The second-order valence-electron chi connectivity index (χ2n) is 6.87. The Hall–Kier alpha value is -0.570. The summed E-state index contributed by atoms with van der Waals surface area (Å²) >= 11 is 0. The van der Waals surface area contributed by atoms with Crippen molar-refractivity contribution in [3.05, 3.63) is 21.0 Å². The molecule has 1 heterocycles. The zero-order valence-electron chi connectivity index (χ0n) is 12.2. The molecule has 0 N–H and O–H groups in total. The van der Waals surface area contributed by atoms with Gasteiger partial charge in [-0.25, -0.2) is 8.42 Å². The van der Waals surface area contributed by atoms with Crippen LogP contribution in [0.25, 0.3) is 0 Å². The number of allylic oxidation sites excluding steroid dienone is 4. The molecule has 17 heavy (non-hydrogen) atoms. The number of hydrogen-bond donors (Lipinski definition) is 0. The highest BCUT2D eigenvalue weighted by molar-refractivity contribution is 7.99. The van der Waals surface area contributed by atoms with E-state index in [-0.39, 0.29) is 10.8 Å². The van der Waals surface area contributed by atoms with E-state index in [9.17, 15) is 8.42 Å². The molecule has 1 aliphatic heterocycles. The van der Waals surface area contributed by atoms with Gasteiger partial charge in [0.05, 0.1) is 0 Å². The first-order chi connectivity index (χ1) is 7.31. The highest BCUT2D eigenvalue weighted by Gasteiger charge is 2.41. The first-order valence-electron chi connectivity index (χ1n) is 5.99. The minimum absolute atomic E-state index is 0.141. The van der Waals surface area contributed by atoms with Crippen LogP contribution < -0.4 is 0 Å². The largest absolute Gasteiger partial charge is 0.219 e. The molecule has 1 rings (SSSR count). The Morgan fingerprint density at radius 2 is 0.941 bits per heavy atom. The molecule has 0 aromatic heterocycles. The molecular weight excluding hydrogens is 232 g/mol. The van der Waals surface area contributed by atoms with E-state index in [1.807, 2.05) is 0 Å². The maximum absolute atomic E-state index is 12.3. The lowest BCUT2D eigenvalue weighted by atomic mass is 9.72. The van der Waals surface area contributed by atoms with Gasteiger partial charge >= 0.3 is 0 Å². The fourth-order valence-corrected chi connectivity index (χ4v) is 4.47. The van der Waals surface area contributed by atoms with Crippen molar-refractivity contribution in [3.63, 3.8) is 0 Å². The van der Waals surface area contributed by atoms with Crippen LogP contribution in [0.15, 0.2) is 21.0 Å². The fraction of sp³-hybridized carbons (Fsp3) is 0.714. The van der Waals surface area contributed by atoms with E-state index in [4.69, 9.17) is 0 Å². The third-order valence-corrected chi connectivity index (χ3v) is 5.28. The summed E-state index contributed by atoms with van der Waals surface area (Å²) in [6, 6.07) is 0. The van der Waals surface area contributed by atoms with Gasteiger partial charge < -0.3 is 0 Å². The smallest absolute Gasteiger partial charge is 0.199 e. The third kappa shape index (κ3) is 2.22. The Labute approximate surface area is 106 Å². The van der Waals surface area contributed by atoms with E-state index in [0.717, 1.165) is 11.1 Å². The van der Waals surface area contributed by atoms with E-state index < -0.39 is 9.84 Å². The van der Waals surface area contributed by atoms with Gasteiger partial charge in [0.1, 0.15) is 0 Å². The van der Waals surface area contributed by atoms with Crippen LogP contribution in [0.2, 0.25) is 0 Å². The van der Waals surface area contributed by atoms with Crippen molar-refractivity contribution in [2.24, 2.45) is 10.8 Å². The summed E-state index contributed by atoms with van der Waals surface area (Å²) in [5.74, 6) is 0. The van der Waals surface area contributed by atoms with Crippen molar-refractivity contribution < 1.29 is 8.42 Å². The monoisotopic (exact) mass is 256 g/mol. The average Bonchev–Trinajstić information content (AvgIpc) is 2.23. The Kier molecular flexibility index (Phi) is 3.16. The van der Waals surface area contributed by atoms with Gasteiger partial charge in [0.2, 0.25) is 0 Å². The summed E-state index contributed by atoms with van der Waals surface area (Å²) in [5, 5.41) is 0. The van der Waals surface area contributed by atoms with Crippen molar-refractivity contribution >= 4 is 9.84 Å². The topological polar surface area (TPSA) is 34.1 Å². The number of hydrogen-bond acceptors (Lipinski definition) is 2. The summed E-state index contributed by atoms with van der Waals surface area (Å²) in [6.07, 6.45) is 0. The van der Waals surface area contributed by atoms with E-state index in [2.05, 4.69) is 41.5 Å². The predicted molar refractivity (Wildman–Crippen MR) is 73.2 cm³/mol. The number of sulfone groups is 1. The molecule has 0 fully saturated rings. The van der Waals surface area contributed by atoms with E-state index in [1.54, 1.807) is 13.8 Å². The highest BCUT2D eigenvalue weighted by Crippen LogP contribution is 2.50. The maximum Gasteiger partial charge on any atom is 0.199 e. The summed E-state index contributed by atoms with van der Waals surface area (Å²) in [6.45, 7) is 15.9. The molecule has 0 unspecified atom stereocenters. The van der Waals surface area contributed by atoms with Crippen molar-refractivity contribution in [2.45, 2.75) is 55.4 Å². The molecule has 0 aromatic carbocycles. The fourth-order valence-electron chi connectivity index (χ4n) is 2.66. The summed E-state index contributed by atoms with van der Waals surface area (Å²) in [5.41, 5.74) is 1.72. The van der Waals surface area contributed by atoms with Crippen LogP contribution in [-0.4, -0.2) is 8.42 Å². The second-order valence-corrected chi connectivity index (χ2v) is 9.10. The molecule has 0 amide bonds. The van der Waals surface area contributed by atoms with Crippen molar-refractivity contribution in [1.29, 1.82) is 0 Å².